The van der Waals surface area contributed by atoms with Gasteiger partial charge >= 0.3 is 5.97 Å². The minimum absolute atomic E-state index is 0.0213. The van der Waals surface area contributed by atoms with Gasteiger partial charge in [-0.05, 0) is 18.8 Å². The van der Waals surface area contributed by atoms with Crippen molar-refractivity contribution in [3.63, 3.8) is 0 Å². The van der Waals surface area contributed by atoms with Gasteiger partial charge in [0.15, 0.2) is 0 Å². The predicted octanol–water partition coefficient (Wildman–Crippen LogP) is -0.432. The first-order valence-corrected chi connectivity index (χ1v) is 4.69. The summed E-state index contributed by atoms with van der Waals surface area (Å²) < 4.78 is 5.19. The first kappa shape index (κ1) is 9.61. The Hall–Kier alpha value is -0.940. The number of carboxylic acids is 1. The molecule has 4 atom stereocenters. The molecule has 2 fully saturated rings. The highest BCUT2D eigenvalue weighted by Crippen LogP contribution is 2.42. The standard InChI is InChI=1S/C9H12O5/c10-5-2-1-4(7-8(5)14-7)3-6(11)9(12)13/h4-5,7-8,10H,1-3H2,(H,12,13). The van der Waals surface area contributed by atoms with Crippen molar-refractivity contribution in [2.75, 3.05) is 0 Å². The van der Waals surface area contributed by atoms with E-state index < -0.39 is 17.9 Å². The van der Waals surface area contributed by atoms with Crippen molar-refractivity contribution < 1.29 is 24.5 Å². The molecule has 1 aliphatic carbocycles. The molecule has 0 bridgehead atoms. The van der Waals surface area contributed by atoms with E-state index in [9.17, 15) is 14.7 Å². The van der Waals surface area contributed by atoms with Crippen LogP contribution in [0.4, 0.5) is 0 Å². The van der Waals surface area contributed by atoms with Gasteiger partial charge in [-0.15, -0.1) is 0 Å². The van der Waals surface area contributed by atoms with E-state index in [1.165, 1.54) is 0 Å². The fourth-order valence-corrected chi connectivity index (χ4v) is 2.08. The smallest absolute Gasteiger partial charge is 0.372 e. The summed E-state index contributed by atoms with van der Waals surface area (Å²) in [6.07, 6.45) is 0.608. The highest BCUT2D eigenvalue weighted by atomic mass is 16.6. The Morgan fingerprint density at radius 2 is 2.00 bits per heavy atom. The lowest BCUT2D eigenvalue weighted by Gasteiger charge is -2.19. The number of aliphatic hydroxyl groups is 1. The summed E-state index contributed by atoms with van der Waals surface area (Å²) in [4.78, 5) is 21.3. The molecule has 1 saturated heterocycles. The summed E-state index contributed by atoms with van der Waals surface area (Å²) in [5.74, 6) is -2.17. The van der Waals surface area contributed by atoms with Crippen molar-refractivity contribution in [3.8, 4) is 0 Å². The Bertz CT molecular complexity index is 274. The second kappa shape index (κ2) is 3.33. The highest BCUT2D eigenvalue weighted by Gasteiger charge is 2.52. The van der Waals surface area contributed by atoms with E-state index in [4.69, 9.17) is 9.84 Å². The maximum atomic E-state index is 10.9. The lowest BCUT2D eigenvalue weighted by Crippen LogP contribution is -2.30. The lowest BCUT2D eigenvalue weighted by atomic mass is 9.84. The number of hydrogen-bond donors (Lipinski definition) is 2. The van der Waals surface area contributed by atoms with Crippen LogP contribution in [0.1, 0.15) is 19.3 Å². The summed E-state index contributed by atoms with van der Waals surface area (Å²) in [7, 11) is 0. The van der Waals surface area contributed by atoms with Crippen molar-refractivity contribution >= 4 is 11.8 Å². The summed E-state index contributed by atoms with van der Waals surface area (Å²) in [5, 5.41) is 17.8. The second-order valence-electron chi connectivity index (χ2n) is 3.90. The molecule has 1 heterocycles. The first-order chi connectivity index (χ1) is 6.59. The van der Waals surface area contributed by atoms with Crippen molar-refractivity contribution in [3.05, 3.63) is 0 Å². The third-order valence-electron chi connectivity index (χ3n) is 2.92. The van der Waals surface area contributed by atoms with Gasteiger partial charge in [-0.25, -0.2) is 4.79 Å². The van der Waals surface area contributed by atoms with Crippen molar-refractivity contribution in [1.82, 2.24) is 0 Å². The van der Waals surface area contributed by atoms with Crippen LogP contribution in [0.15, 0.2) is 0 Å². The summed E-state index contributed by atoms with van der Waals surface area (Å²) in [6.45, 7) is 0. The van der Waals surface area contributed by atoms with E-state index in [2.05, 4.69) is 0 Å². The number of carboxylic acid groups (broad SMARTS) is 1. The Balaban J connectivity index is 1.89. The molecule has 0 aromatic heterocycles. The van der Waals surface area contributed by atoms with E-state index in [0.29, 0.717) is 12.8 Å². The molecule has 2 N–H and O–H groups in total. The quantitative estimate of drug-likeness (QED) is 0.476. The lowest BCUT2D eigenvalue weighted by molar-refractivity contribution is -0.149. The number of ketones is 1. The molecular weight excluding hydrogens is 188 g/mol. The number of carbonyl (C=O) groups excluding carboxylic acids is 1. The third kappa shape index (κ3) is 1.65. The number of ether oxygens (including phenoxy) is 1. The molecule has 5 heteroatoms. The van der Waals surface area contributed by atoms with Gasteiger partial charge in [0.05, 0.1) is 12.2 Å². The molecule has 2 rings (SSSR count). The number of hydrogen-bond acceptors (Lipinski definition) is 4. The SMILES string of the molecule is O=C(O)C(=O)CC1CCC(O)C2OC12. The Morgan fingerprint density at radius 1 is 1.29 bits per heavy atom. The molecule has 0 radical (unpaired) electrons. The van der Waals surface area contributed by atoms with Crippen molar-refractivity contribution in [2.24, 2.45) is 5.92 Å². The van der Waals surface area contributed by atoms with Crippen LogP contribution in [0.5, 0.6) is 0 Å². The maximum absolute atomic E-state index is 10.9. The van der Waals surface area contributed by atoms with Gasteiger partial charge in [0.2, 0.25) is 5.78 Å². The van der Waals surface area contributed by atoms with Crippen LogP contribution in [0.2, 0.25) is 0 Å². The third-order valence-corrected chi connectivity index (χ3v) is 2.92. The van der Waals surface area contributed by atoms with Crippen LogP contribution in [-0.2, 0) is 14.3 Å². The molecule has 78 valence electrons. The molecule has 4 unspecified atom stereocenters. The van der Waals surface area contributed by atoms with E-state index in [1.54, 1.807) is 0 Å². The fraction of sp³-hybridized carbons (Fsp3) is 0.778. The Labute approximate surface area is 80.7 Å². The van der Waals surface area contributed by atoms with Crippen LogP contribution in [0.3, 0.4) is 0 Å². The van der Waals surface area contributed by atoms with Gasteiger partial charge in [-0.2, -0.15) is 0 Å². The molecule has 1 saturated carbocycles. The van der Waals surface area contributed by atoms with Crippen LogP contribution in [0, 0.1) is 5.92 Å². The van der Waals surface area contributed by atoms with Gasteiger partial charge in [0.1, 0.15) is 6.10 Å². The monoisotopic (exact) mass is 200 g/mol. The number of epoxide rings is 1. The number of fused-ring (bicyclic) bond motifs is 1. The van der Waals surface area contributed by atoms with Crippen molar-refractivity contribution in [2.45, 2.75) is 37.6 Å². The molecule has 1 aliphatic heterocycles. The van der Waals surface area contributed by atoms with Gasteiger partial charge in [0.25, 0.3) is 0 Å². The number of Topliss-reactive ketones (excluding diaryl/α,β-unsaturated/α-hetero) is 1. The molecule has 0 amide bonds. The van der Waals surface area contributed by atoms with Gasteiger partial charge in [-0.1, -0.05) is 0 Å². The average Bonchev–Trinajstić information content (AvgIpc) is 2.89. The maximum Gasteiger partial charge on any atom is 0.372 e. The number of aliphatic hydroxyl groups excluding tert-OH is 1. The molecular formula is C9H12O5. The molecule has 0 aromatic rings. The van der Waals surface area contributed by atoms with E-state index in [0.717, 1.165) is 0 Å². The Kier molecular flexibility index (Phi) is 2.28. The molecule has 0 aromatic carbocycles. The van der Waals surface area contributed by atoms with Crippen LogP contribution < -0.4 is 0 Å². The molecule has 0 spiro atoms. The predicted molar refractivity (Wildman–Crippen MR) is 44.7 cm³/mol. The van der Waals surface area contributed by atoms with E-state index in [1.807, 2.05) is 0 Å². The number of rotatable bonds is 3. The number of aliphatic carboxylic acids is 1. The highest BCUT2D eigenvalue weighted by molar-refractivity contribution is 6.32. The van der Waals surface area contributed by atoms with Crippen LogP contribution >= 0.6 is 0 Å². The summed E-state index contributed by atoms with van der Waals surface area (Å²) in [6, 6.07) is 0. The zero-order valence-electron chi connectivity index (χ0n) is 7.55. The minimum atomic E-state index is -1.38. The zero-order valence-corrected chi connectivity index (χ0v) is 7.55. The molecule has 2 aliphatic rings. The molecule has 14 heavy (non-hydrogen) atoms. The topological polar surface area (TPSA) is 87.1 Å². The normalized spacial score (nSPS) is 40.1. The summed E-state index contributed by atoms with van der Waals surface area (Å²) >= 11 is 0. The second-order valence-corrected chi connectivity index (χ2v) is 3.90. The van der Waals surface area contributed by atoms with Gasteiger partial charge in [-0.3, -0.25) is 4.79 Å². The van der Waals surface area contributed by atoms with Gasteiger partial charge < -0.3 is 14.9 Å². The average molecular weight is 200 g/mol. The van der Waals surface area contributed by atoms with Crippen LogP contribution in [0.25, 0.3) is 0 Å². The largest absolute Gasteiger partial charge is 0.476 e. The number of carbonyl (C=O) groups is 2. The summed E-state index contributed by atoms with van der Waals surface area (Å²) in [5.41, 5.74) is 0. The Morgan fingerprint density at radius 3 is 2.64 bits per heavy atom. The fourth-order valence-electron chi connectivity index (χ4n) is 2.08. The van der Waals surface area contributed by atoms with Gasteiger partial charge in [0, 0.05) is 6.42 Å². The zero-order chi connectivity index (χ0) is 10.3. The van der Waals surface area contributed by atoms with E-state index in [-0.39, 0.29) is 24.5 Å². The molecule has 5 nitrogen and oxygen atoms in total. The first-order valence-electron chi connectivity index (χ1n) is 4.69. The minimum Gasteiger partial charge on any atom is -0.476 e. The van der Waals surface area contributed by atoms with Crippen molar-refractivity contribution in [1.29, 1.82) is 0 Å². The van der Waals surface area contributed by atoms with E-state index >= 15 is 0 Å². The van der Waals surface area contributed by atoms with Crippen LogP contribution in [-0.4, -0.2) is 40.3 Å².